The number of hydrogen-bond donors (Lipinski definition) is 10. The summed E-state index contributed by atoms with van der Waals surface area (Å²) >= 11 is 5.25. The standard InChI is InChI=1S/C22H40N4O12S/c1-9(29)25-12-14(31)17(37-19-16(33)15(32)13(30)10(7-27)36-19)11(8-28)35-18(12)26-20(39)23-5-6-24-21(34)38-22(2,3)4/h10-19,27-28,30-33H,5-8H2,1-4H3,(H,24,34)(H,25,29)(H2,23,26,39)/t10-,11-,12-,13+,14-,15+,16-,17-,18-,19+/m1/s1. The Hall–Kier alpha value is -1.93. The van der Waals surface area contributed by atoms with Crippen molar-refractivity contribution in [2.45, 2.75) is 94.6 Å². The highest BCUT2D eigenvalue weighted by molar-refractivity contribution is 7.80. The first kappa shape index (κ1) is 33.3. The average Bonchev–Trinajstić information content (AvgIpc) is 2.84. The number of thiocarbonyl (C=S) groups is 1. The molecule has 2 heterocycles. The zero-order chi connectivity index (χ0) is 29.5. The minimum absolute atomic E-state index is 0.0403. The lowest BCUT2D eigenvalue weighted by Crippen LogP contribution is -2.70. The number of nitrogens with one attached hydrogen (secondary N) is 4. The fourth-order valence-corrected chi connectivity index (χ4v) is 4.18. The number of amides is 2. The molecule has 2 aliphatic rings. The van der Waals surface area contributed by atoms with Crippen LogP contribution in [0.15, 0.2) is 0 Å². The number of hydrogen-bond acceptors (Lipinski definition) is 13. The number of alkyl carbamates (subject to hydrolysis) is 1. The van der Waals surface area contributed by atoms with E-state index in [0.29, 0.717) is 0 Å². The molecule has 0 saturated carbocycles. The molecule has 10 N–H and O–H groups in total. The maximum absolute atomic E-state index is 11.9. The van der Waals surface area contributed by atoms with Gasteiger partial charge in [-0.05, 0) is 33.0 Å². The molecule has 17 heteroatoms. The fourth-order valence-electron chi connectivity index (χ4n) is 3.96. The molecule has 0 unspecified atom stereocenters. The molecule has 39 heavy (non-hydrogen) atoms. The fraction of sp³-hybridized carbons (Fsp3) is 0.864. The van der Waals surface area contributed by atoms with Gasteiger partial charge in [-0.3, -0.25) is 4.79 Å². The molecule has 0 aliphatic carbocycles. The van der Waals surface area contributed by atoms with Gasteiger partial charge < -0.3 is 70.9 Å². The van der Waals surface area contributed by atoms with Crippen LogP contribution in [0.4, 0.5) is 4.79 Å². The van der Waals surface area contributed by atoms with Crippen LogP contribution in [0.5, 0.6) is 0 Å². The van der Waals surface area contributed by atoms with E-state index in [1.165, 1.54) is 6.92 Å². The highest BCUT2D eigenvalue weighted by Crippen LogP contribution is 2.28. The molecule has 0 aromatic heterocycles. The van der Waals surface area contributed by atoms with E-state index in [0.717, 1.165) is 0 Å². The summed E-state index contributed by atoms with van der Waals surface area (Å²) in [7, 11) is 0. The van der Waals surface area contributed by atoms with E-state index in [-0.39, 0.29) is 18.2 Å². The third-order valence-corrected chi connectivity index (χ3v) is 6.02. The molecule has 0 aromatic carbocycles. The van der Waals surface area contributed by atoms with E-state index in [1.807, 2.05) is 0 Å². The molecule has 2 aliphatic heterocycles. The first-order valence-corrected chi connectivity index (χ1v) is 12.8. The van der Waals surface area contributed by atoms with Crippen molar-refractivity contribution >= 4 is 29.3 Å². The van der Waals surface area contributed by atoms with E-state index < -0.39 is 92.1 Å². The highest BCUT2D eigenvalue weighted by atomic mass is 32.1. The largest absolute Gasteiger partial charge is 0.444 e. The van der Waals surface area contributed by atoms with Crippen LogP contribution in [0.25, 0.3) is 0 Å². The molecule has 2 rings (SSSR count). The lowest BCUT2D eigenvalue weighted by atomic mass is 9.94. The summed E-state index contributed by atoms with van der Waals surface area (Å²) in [6, 6.07) is -1.18. The number of ether oxygens (including phenoxy) is 4. The Labute approximate surface area is 230 Å². The van der Waals surface area contributed by atoms with Crippen LogP contribution >= 0.6 is 12.2 Å². The van der Waals surface area contributed by atoms with E-state index in [1.54, 1.807) is 20.8 Å². The summed E-state index contributed by atoms with van der Waals surface area (Å²) in [5, 5.41) is 71.5. The van der Waals surface area contributed by atoms with Crippen LogP contribution in [0.3, 0.4) is 0 Å². The quantitative estimate of drug-likeness (QED) is 0.0911. The van der Waals surface area contributed by atoms with Gasteiger partial charge >= 0.3 is 6.09 Å². The van der Waals surface area contributed by atoms with Gasteiger partial charge in [-0.15, -0.1) is 0 Å². The van der Waals surface area contributed by atoms with Gasteiger partial charge in [0.05, 0.1) is 13.2 Å². The Kier molecular flexibility index (Phi) is 12.5. The first-order valence-electron chi connectivity index (χ1n) is 12.4. The van der Waals surface area contributed by atoms with Crippen LogP contribution in [-0.2, 0) is 23.7 Å². The van der Waals surface area contributed by atoms with Gasteiger partial charge in [0.25, 0.3) is 0 Å². The van der Waals surface area contributed by atoms with Gasteiger partial charge in [0, 0.05) is 20.0 Å². The monoisotopic (exact) mass is 584 g/mol. The predicted molar refractivity (Wildman–Crippen MR) is 136 cm³/mol. The summed E-state index contributed by atoms with van der Waals surface area (Å²) in [4.78, 5) is 23.6. The molecule has 16 nitrogen and oxygen atoms in total. The summed E-state index contributed by atoms with van der Waals surface area (Å²) in [6.45, 7) is 5.37. The second kappa shape index (κ2) is 14.6. The molecule has 0 bridgehead atoms. The summed E-state index contributed by atoms with van der Waals surface area (Å²) < 4.78 is 21.9. The zero-order valence-corrected chi connectivity index (χ0v) is 23.0. The van der Waals surface area contributed by atoms with E-state index in [4.69, 9.17) is 31.2 Å². The topological polar surface area (TPSA) is 241 Å². The third kappa shape index (κ3) is 9.59. The Morgan fingerprint density at radius 3 is 2.05 bits per heavy atom. The Balaban J connectivity index is 2.04. The molecule has 0 spiro atoms. The number of aliphatic hydroxyl groups is 6. The van der Waals surface area contributed by atoms with Crippen LogP contribution in [-0.4, -0.2) is 141 Å². The smallest absolute Gasteiger partial charge is 0.407 e. The van der Waals surface area contributed by atoms with Crippen molar-refractivity contribution in [1.82, 2.24) is 21.3 Å². The molecule has 0 radical (unpaired) electrons. The number of aliphatic hydroxyl groups excluding tert-OH is 6. The molecular formula is C22H40N4O12S. The summed E-state index contributed by atoms with van der Waals surface area (Å²) in [5.41, 5.74) is -0.653. The Morgan fingerprint density at radius 1 is 0.872 bits per heavy atom. The van der Waals surface area contributed by atoms with Gasteiger partial charge in [-0.2, -0.15) is 0 Å². The number of rotatable bonds is 9. The molecule has 2 amide bonds. The Morgan fingerprint density at radius 2 is 1.49 bits per heavy atom. The van der Waals surface area contributed by atoms with Crippen molar-refractivity contribution in [2.24, 2.45) is 0 Å². The van der Waals surface area contributed by atoms with Crippen molar-refractivity contribution < 1.29 is 59.2 Å². The van der Waals surface area contributed by atoms with Gasteiger partial charge in [-0.1, -0.05) is 0 Å². The highest BCUT2D eigenvalue weighted by Gasteiger charge is 2.51. The second-order valence-corrected chi connectivity index (χ2v) is 10.5. The Bertz CT molecular complexity index is 831. The lowest BCUT2D eigenvalue weighted by Gasteiger charge is -2.47. The van der Waals surface area contributed by atoms with Crippen LogP contribution in [0, 0.1) is 0 Å². The molecule has 0 aromatic rings. The number of carbonyl (C=O) groups is 2. The predicted octanol–water partition coefficient (Wildman–Crippen LogP) is -4.26. The van der Waals surface area contributed by atoms with E-state index >= 15 is 0 Å². The lowest BCUT2D eigenvalue weighted by molar-refractivity contribution is -0.336. The average molecular weight is 585 g/mol. The van der Waals surface area contributed by atoms with Crippen molar-refractivity contribution in [3.8, 4) is 0 Å². The molecule has 10 atom stereocenters. The third-order valence-electron chi connectivity index (χ3n) is 5.76. The van der Waals surface area contributed by atoms with E-state index in [9.17, 15) is 40.2 Å². The van der Waals surface area contributed by atoms with Gasteiger partial charge in [0.1, 0.15) is 54.4 Å². The number of carbonyl (C=O) groups excluding carboxylic acids is 2. The first-order chi connectivity index (χ1) is 18.2. The molecule has 2 saturated heterocycles. The van der Waals surface area contributed by atoms with Gasteiger partial charge in [-0.25, -0.2) is 4.79 Å². The molecule has 2 fully saturated rings. The van der Waals surface area contributed by atoms with Crippen LogP contribution in [0.1, 0.15) is 27.7 Å². The van der Waals surface area contributed by atoms with Gasteiger partial charge in [0.15, 0.2) is 17.6 Å². The van der Waals surface area contributed by atoms with Crippen molar-refractivity contribution in [3.63, 3.8) is 0 Å². The maximum atomic E-state index is 11.9. The molecule has 226 valence electrons. The normalized spacial score (nSPS) is 35.0. The maximum Gasteiger partial charge on any atom is 0.407 e. The van der Waals surface area contributed by atoms with Crippen molar-refractivity contribution in [2.75, 3.05) is 26.3 Å². The SMILES string of the molecule is CC(=O)N[C@@H]1[C@@H](O)[C@H](O[C@@H]2O[C@H](CO)[C@H](O)[C@H](O)[C@H]2O)[C@@H](CO)O[C@H]1NC(=S)NCCNC(=O)OC(C)(C)C. The summed E-state index contributed by atoms with van der Waals surface area (Å²) in [5.74, 6) is -0.538. The van der Waals surface area contributed by atoms with Crippen LogP contribution in [0.2, 0.25) is 0 Å². The minimum atomic E-state index is -1.77. The van der Waals surface area contributed by atoms with Crippen LogP contribution < -0.4 is 21.3 Å². The zero-order valence-electron chi connectivity index (χ0n) is 22.1. The van der Waals surface area contributed by atoms with Gasteiger partial charge in [0.2, 0.25) is 5.91 Å². The van der Waals surface area contributed by atoms with E-state index in [2.05, 4.69) is 21.3 Å². The van der Waals surface area contributed by atoms with Crippen molar-refractivity contribution in [3.05, 3.63) is 0 Å². The van der Waals surface area contributed by atoms with Crippen molar-refractivity contribution in [1.29, 1.82) is 0 Å². The minimum Gasteiger partial charge on any atom is -0.444 e. The summed E-state index contributed by atoms with van der Waals surface area (Å²) in [6.07, 6.45) is -14.0. The second-order valence-electron chi connectivity index (χ2n) is 10.1. The molecular weight excluding hydrogens is 544 g/mol.